The fraction of sp³-hybridized carbons (Fsp3) is 0.750. The average Bonchev–Trinajstić information content (AvgIpc) is 3.07. The zero-order valence-corrected chi connectivity index (χ0v) is 38.9. The first kappa shape index (κ1) is 49.0. The van der Waals surface area contributed by atoms with Crippen LogP contribution < -0.4 is 0 Å². The summed E-state index contributed by atoms with van der Waals surface area (Å²) >= 11 is 2.17. The van der Waals surface area contributed by atoms with Crippen molar-refractivity contribution >= 4 is 36.9 Å². The van der Waals surface area contributed by atoms with E-state index in [1.807, 2.05) is 56.1 Å². The Morgan fingerprint density at radius 2 is 1.59 bits per heavy atom. The van der Waals surface area contributed by atoms with Crippen molar-refractivity contribution in [3.63, 3.8) is 0 Å². The first-order valence-electron chi connectivity index (χ1n) is 20.2. The molecule has 2 rings (SSSR count). The van der Waals surface area contributed by atoms with E-state index in [9.17, 15) is 15.0 Å². The summed E-state index contributed by atoms with van der Waals surface area (Å²) in [5, 5.41) is 22.3. The minimum Gasteiger partial charge on any atom is -0.458 e. The molecule has 11 atom stereocenters. The molecule has 2 aliphatic heterocycles. The number of hydrogen-bond acceptors (Lipinski definition) is 8. The summed E-state index contributed by atoms with van der Waals surface area (Å²) in [6.45, 7) is 25.4. The van der Waals surface area contributed by atoms with Crippen molar-refractivity contribution in [2.45, 2.75) is 181 Å². The number of cyclic esters (lactones) is 1. The van der Waals surface area contributed by atoms with Gasteiger partial charge in [0.2, 0.25) is 0 Å². The molecule has 2 aliphatic rings. The number of hydrogen-bond donors (Lipinski definition) is 2. The Bertz CT molecular complexity index is 1280. The van der Waals surface area contributed by atoms with Crippen molar-refractivity contribution in [3.8, 4) is 0 Å². The number of carbonyl (C=O) groups is 1. The molecule has 2 bridgehead atoms. The van der Waals surface area contributed by atoms with Gasteiger partial charge in [0.1, 0.15) is 6.10 Å². The second-order valence-electron chi connectivity index (χ2n) is 17.9. The van der Waals surface area contributed by atoms with Crippen molar-refractivity contribution in [2.24, 2.45) is 23.7 Å². The molecule has 0 aromatic carbocycles. The molecule has 8 nitrogen and oxygen atoms in total. The monoisotopic (exact) mass is 886 g/mol. The highest BCUT2D eigenvalue weighted by molar-refractivity contribution is 14.1. The quantitative estimate of drug-likeness (QED) is 0.118. The fourth-order valence-electron chi connectivity index (χ4n) is 7.19. The van der Waals surface area contributed by atoms with E-state index in [4.69, 9.17) is 23.4 Å². The lowest BCUT2D eigenvalue weighted by molar-refractivity contribution is -0.337. The summed E-state index contributed by atoms with van der Waals surface area (Å²) in [7, 11) is -0.628. The lowest BCUT2D eigenvalue weighted by Crippen LogP contribution is -2.57. The van der Waals surface area contributed by atoms with Gasteiger partial charge in [0, 0.05) is 24.9 Å². The Labute approximate surface area is 343 Å². The van der Waals surface area contributed by atoms with Crippen LogP contribution in [0.15, 0.2) is 58.3 Å². The van der Waals surface area contributed by atoms with Gasteiger partial charge in [0.15, 0.2) is 14.1 Å². The van der Waals surface area contributed by atoms with E-state index < -0.39 is 50.4 Å². The Kier molecular flexibility index (Phi) is 20.6. The van der Waals surface area contributed by atoms with Crippen LogP contribution in [0.25, 0.3) is 0 Å². The summed E-state index contributed by atoms with van der Waals surface area (Å²) in [4.78, 5) is 14.2. The molecule has 0 unspecified atom stereocenters. The second kappa shape index (κ2) is 22.7. The van der Waals surface area contributed by atoms with Crippen molar-refractivity contribution in [2.75, 3.05) is 7.11 Å². The molecule has 0 aromatic heterocycles. The Hall–Kier alpha value is -1.12. The van der Waals surface area contributed by atoms with Crippen molar-refractivity contribution in [1.82, 2.24) is 0 Å². The fourth-order valence-corrected chi connectivity index (χ4v) is 8.83. The third-order valence-corrected chi connectivity index (χ3v) is 16.6. The van der Waals surface area contributed by atoms with Gasteiger partial charge in [0.05, 0.1) is 43.0 Å². The largest absolute Gasteiger partial charge is 0.458 e. The average molecular weight is 887 g/mol. The van der Waals surface area contributed by atoms with E-state index in [-0.39, 0.29) is 53.9 Å². The first-order chi connectivity index (χ1) is 25.1. The minimum absolute atomic E-state index is 0.0322. The molecule has 1 saturated heterocycles. The van der Waals surface area contributed by atoms with E-state index in [1.165, 1.54) is 0 Å². The molecular formula is C44H75IO8Si. The molecular weight excluding hydrogens is 811 g/mol. The Morgan fingerprint density at radius 3 is 2.20 bits per heavy atom. The number of allylic oxidation sites excluding steroid dienone is 7. The van der Waals surface area contributed by atoms with Crippen molar-refractivity contribution < 1.29 is 38.4 Å². The van der Waals surface area contributed by atoms with Crippen molar-refractivity contribution in [3.05, 3.63) is 58.3 Å². The molecule has 0 amide bonds. The Balaban J connectivity index is 2.60. The second-order valence-corrected chi connectivity index (χ2v) is 23.3. The minimum atomic E-state index is -2.35. The maximum absolute atomic E-state index is 14.2. The molecule has 54 heavy (non-hydrogen) atoms. The normalized spacial score (nSPS) is 36.4. The molecule has 0 radical (unpaired) electrons. The van der Waals surface area contributed by atoms with Gasteiger partial charge in [-0.1, -0.05) is 119 Å². The third-order valence-electron chi connectivity index (χ3n) is 11.7. The van der Waals surface area contributed by atoms with Gasteiger partial charge in [0.25, 0.3) is 0 Å². The maximum atomic E-state index is 14.2. The van der Waals surface area contributed by atoms with Crippen LogP contribution in [-0.4, -0.2) is 80.1 Å². The molecule has 1 fully saturated rings. The summed E-state index contributed by atoms with van der Waals surface area (Å²) in [6, 6.07) is 0. The SMILES string of the molecule is CO[C@@H]1C/C=C\C=C\C[C@H](C)[C@H]2OC(C)(C)O[C@H]([C@H]2C)[C@H](C)[C@H](O[Si](C)(C)C(C)(C)C)CC(=O)O[C@H](/C=C(C)/C=C/C=C/I)[C@@H](C)[C@@H](O)C[C@H](O)CCC1. The smallest absolute Gasteiger partial charge is 0.308 e. The first-order valence-corrected chi connectivity index (χ1v) is 24.3. The molecule has 2 N–H and O–H groups in total. The van der Waals surface area contributed by atoms with Gasteiger partial charge >= 0.3 is 5.97 Å². The summed E-state index contributed by atoms with van der Waals surface area (Å²) in [6.07, 6.45) is 17.1. The number of halogens is 1. The van der Waals surface area contributed by atoms with Gasteiger partial charge in [-0.2, -0.15) is 0 Å². The number of rotatable bonds is 6. The topological polar surface area (TPSA) is 104 Å². The zero-order valence-electron chi connectivity index (χ0n) is 35.7. The van der Waals surface area contributed by atoms with Gasteiger partial charge in [-0.25, -0.2) is 0 Å². The summed E-state index contributed by atoms with van der Waals surface area (Å²) in [5.74, 6) is -1.58. The van der Waals surface area contributed by atoms with E-state index in [0.29, 0.717) is 6.42 Å². The van der Waals surface area contributed by atoms with Gasteiger partial charge in [-0.05, 0) is 93.5 Å². The van der Waals surface area contributed by atoms with Crippen LogP contribution in [0.2, 0.25) is 18.1 Å². The number of aliphatic hydroxyl groups is 2. The number of fused-ring (bicyclic) bond motifs is 2. The molecule has 310 valence electrons. The molecule has 0 spiro atoms. The third kappa shape index (κ3) is 16.0. The number of aliphatic hydroxyl groups excluding tert-OH is 2. The lowest BCUT2D eigenvalue weighted by Gasteiger charge is -2.50. The van der Waals surface area contributed by atoms with Crippen LogP contribution in [0.4, 0.5) is 0 Å². The predicted octanol–water partition coefficient (Wildman–Crippen LogP) is 10.4. The predicted molar refractivity (Wildman–Crippen MR) is 232 cm³/mol. The number of ether oxygens (including phenoxy) is 4. The molecule has 10 heteroatoms. The molecule has 0 aromatic rings. The summed E-state index contributed by atoms with van der Waals surface area (Å²) in [5.41, 5.74) is 0.902. The Morgan fingerprint density at radius 1 is 0.963 bits per heavy atom. The summed E-state index contributed by atoms with van der Waals surface area (Å²) < 4.78 is 34.4. The molecule has 0 saturated carbocycles. The van der Waals surface area contributed by atoms with Gasteiger partial charge in [-0.15, -0.1) is 0 Å². The highest BCUT2D eigenvalue weighted by Gasteiger charge is 2.49. The van der Waals surface area contributed by atoms with Crippen LogP contribution in [0, 0.1) is 23.7 Å². The van der Waals surface area contributed by atoms with Crippen molar-refractivity contribution in [1.29, 1.82) is 0 Å². The maximum Gasteiger partial charge on any atom is 0.308 e. The number of methoxy groups -OCH3 is 1. The highest BCUT2D eigenvalue weighted by atomic mass is 127. The van der Waals surface area contributed by atoms with E-state index >= 15 is 0 Å². The van der Waals surface area contributed by atoms with E-state index in [1.54, 1.807) is 7.11 Å². The van der Waals surface area contributed by atoms with Crippen LogP contribution in [0.1, 0.15) is 114 Å². The van der Waals surface area contributed by atoms with Crippen LogP contribution >= 0.6 is 22.6 Å². The van der Waals surface area contributed by atoms with E-state index in [2.05, 4.69) is 102 Å². The number of carbonyl (C=O) groups excluding carboxylic acids is 1. The van der Waals surface area contributed by atoms with Crippen LogP contribution in [0.5, 0.6) is 0 Å². The molecule has 0 aliphatic carbocycles. The zero-order chi connectivity index (χ0) is 40.9. The van der Waals surface area contributed by atoms with Crippen LogP contribution in [-0.2, 0) is 28.2 Å². The van der Waals surface area contributed by atoms with E-state index in [0.717, 1.165) is 31.3 Å². The standard InChI is InChI=1S/C44H75IO8Si/c1-30(21-18-19-26-45)27-38-32(3)37(47)28-35(46)23-20-25-36(49-11)24-17-15-14-16-22-31(2)41-34(5)42(52-44(9,10)51-41)33(4)39(29-40(48)50-38)53-54(12,13)43(6,7)8/h14-19,21,26-27,31-39,41-42,46-47H,20,22-25,28-29H2,1-13H3/b16-14+,17-15-,21-18+,26-19+,30-27+/t31-,32-,33+,34-,35+,36+,37-,38+,39+,41+,42-/m0/s1. The highest BCUT2D eigenvalue weighted by Crippen LogP contribution is 2.43. The number of esters is 1. The van der Waals surface area contributed by atoms with Gasteiger partial charge < -0.3 is 33.6 Å². The van der Waals surface area contributed by atoms with Crippen LogP contribution in [0.3, 0.4) is 0 Å². The molecule has 2 heterocycles. The lowest BCUT2D eigenvalue weighted by atomic mass is 9.79. The van der Waals surface area contributed by atoms with Gasteiger partial charge in [-0.3, -0.25) is 4.79 Å².